The van der Waals surface area contributed by atoms with E-state index in [4.69, 9.17) is 5.11 Å². The van der Waals surface area contributed by atoms with E-state index in [0.717, 1.165) is 14.3 Å². The highest BCUT2D eigenvalue weighted by Gasteiger charge is 2.09. The Bertz CT molecular complexity index is 537. The maximum absolute atomic E-state index is 11.0. The molecular formula is C13H9BrO2S. The Morgan fingerprint density at radius 3 is 2.35 bits per heavy atom. The first kappa shape index (κ1) is 12.2. The van der Waals surface area contributed by atoms with Gasteiger partial charge in [-0.15, -0.1) is 0 Å². The zero-order valence-electron chi connectivity index (χ0n) is 8.76. The van der Waals surface area contributed by atoms with Crippen LogP contribution in [0.4, 0.5) is 0 Å². The van der Waals surface area contributed by atoms with Crippen molar-refractivity contribution in [1.82, 2.24) is 0 Å². The highest BCUT2D eigenvalue weighted by atomic mass is 79.9. The van der Waals surface area contributed by atoms with Gasteiger partial charge < -0.3 is 5.11 Å². The number of halogens is 1. The molecular weight excluding hydrogens is 300 g/mol. The van der Waals surface area contributed by atoms with Crippen LogP contribution in [0.25, 0.3) is 0 Å². The number of hydrogen-bond acceptors (Lipinski definition) is 2. The first-order valence-electron chi connectivity index (χ1n) is 4.92. The van der Waals surface area contributed by atoms with Gasteiger partial charge in [0.15, 0.2) is 0 Å². The molecule has 17 heavy (non-hydrogen) atoms. The third-order valence-corrected chi connectivity index (χ3v) is 3.77. The van der Waals surface area contributed by atoms with Crippen molar-refractivity contribution in [3.63, 3.8) is 0 Å². The number of carbonyl (C=O) groups is 1. The Labute approximate surface area is 112 Å². The lowest BCUT2D eigenvalue weighted by atomic mass is 10.2. The maximum Gasteiger partial charge on any atom is 0.336 e. The Kier molecular flexibility index (Phi) is 3.86. The average molecular weight is 309 g/mol. The van der Waals surface area contributed by atoms with Crippen LogP contribution >= 0.6 is 27.7 Å². The van der Waals surface area contributed by atoms with Crippen LogP contribution in [-0.2, 0) is 0 Å². The van der Waals surface area contributed by atoms with Crippen molar-refractivity contribution >= 4 is 33.7 Å². The van der Waals surface area contributed by atoms with Gasteiger partial charge in [0, 0.05) is 14.3 Å². The Hall–Kier alpha value is -1.26. The topological polar surface area (TPSA) is 37.3 Å². The summed E-state index contributed by atoms with van der Waals surface area (Å²) in [4.78, 5) is 12.8. The van der Waals surface area contributed by atoms with Gasteiger partial charge in [-0.3, -0.25) is 0 Å². The SMILES string of the molecule is O=C(O)c1ccccc1Sc1ccc(Br)cc1. The van der Waals surface area contributed by atoms with Gasteiger partial charge in [0.25, 0.3) is 0 Å². The molecule has 0 saturated heterocycles. The van der Waals surface area contributed by atoms with Crippen molar-refractivity contribution in [1.29, 1.82) is 0 Å². The number of benzene rings is 2. The van der Waals surface area contributed by atoms with Crippen molar-refractivity contribution in [3.05, 3.63) is 58.6 Å². The van der Waals surface area contributed by atoms with Crippen LogP contribution in [0.15, 0.2) is 62.8 Å². The van der Waals surface area contributed by atoms with Crippen LogP contribution in [0.3, 0.4) is 0 Å². The molecule has 0 atom stereocenters. The highest BCUT2D eigenvalue weighted by Crippen LogP contribution is 2.31. The number of carboxylic acid groups (broad SMARTS) is 1. The molecule has 2 aromatic carbocycles. The maximum atomic E-state index is 11.0. The van der Waals surface area contributed by atoms with Crippen molar-refractivity contribution < 1.29 is 9.90 Å². The predicted octanol–water partition coefficient (Wildman–Crippen LogP) is 4.30. The smallest absolute Gasteiger partial charge is 0.336 e. The summed E-state index contributed by atoms with van der Waals surface area (Å²) in [5.74, 6) is -0.898. The third-order valence-electron chi connectivity index (χ3n) is 2.16. The van der Waals surface area contributed by atoms with Crippen molar-refractivity contribution in [3.8, 4) is 0 Å². The molecule has 0 amide bonds. The third kappa shape index (κ3) is 3.11. The lowest BCUT2D eigenvalue weighted by Gasteiger charge is -2.05. The number of aromatic carboxylic acids is 1. The summed E-state index contributed by atoms with van der Waals surface area (Å²) in [6.45, 7) is 0. The lowest BCUT2D eigenvalue weighted by Crippen LogP contribution is -1.97. The lowest BCUT2D eigenvalue weighted by molar-refractivity contribution is 0.0693. The summed E-state index contributed by atoms with van der Waals surface area (Å²) in [5, 5.41) is 9.07. The summed E-state index contributed by atoms with van der Waals surface area (Å²) in [5.41, 5.74) is 0.334. The van der Waals surface area contributed by atoms with E-state index in [9.17, 15) is 4.79 Å². The van der Waals surface area contributed by atoms with Gasteiger partial charge in [0.1, 0.15) is 0 Å². The molecule has 0 radical (unpaired) electrons. The molecule has 2 aromatic rings. The first-order valence-corrected chi connectivity index (χ1v) is 6.53. The monoisotopic (exact) mass is 308 g/mol. The Morgan fingerprint density at radius 2 is 1.71 bits per heavy atom. The molecule has 0 saturated carbocycles. The molecule has 0 heterocycles. The summed E-state index contributed by atoms with van der Waals surface area (Å²) in [6.07, 6.45) is 0. The van der Waals surface area contributed by atoms with Gasteiger partial charge in [-0.1, -0.05) is 39.8 Å². The normalized spacial score (nSPS) is 10.2. The minimum absolute atomic E-state index is 0.334. The molecule has 1 N–H and O–H groups in total. The first-order chi connectivity index (χ1) is 8.16. The zero-order chi connectivity index (χ0) is 12.3. The Morgan fingerprint density at radius 1 is 1.06 bits per heavy atom. The summed E-state index contributed by atoms with van der Waals surface area (Å²) in [6, 6.07) is 14.8. The number of rotatable bonds is 3. The molecule has 86 valence electrons. The van der Waals surface area contributed by atoms with Gasteiger partial charge in [-0.25, -0.2) is 4.79 Å². The molecule has 2 rings (SSSR count). The van der Waals surface area contributed by atoms with Crippen LogP contribution in [-0.4, -0.2) is 11.1 Å². The van der Waals surface area contributed by atoms with E-state index in [1.54, 1.807) is 12.1 Å². The van der Waals surface area contributed by atoms with Crippen LogP contribution in [0.2, 0.25) is 0 Å². The molecule has 0 aromatic heterocycles. The zero-order valence-corrected chi connectivity index (χ0v) is 11.2. The Balaban J connectivity index is 2.30. The molecule has 0 aliphatic rings. The molecule has 0 spiro atoms. The predicted molar refractivity (Wildman–Crippen MR) is 71.7 cm³/mol. The van der Waals surface area contributed by atoms with Gasteiger partial charge in [0.2, 0.25) is 0 Å². The van der Waals surface area contributed by atoms with E-state index in [1.807, 2.05) is 36.4 Å². The van der Waals surface area contributed by atoms with E-state index < -0.39 is 5.97 Å². The summed E-state index contributed by atoms with van der Waals surface area (Å²) in [7, 11) is 0. The molecule has 0 fully saturated rings. The standard InChI is InChI=1S/C13H9BrO2S/c14-9-5-7-10(8-6-9)17-12-4-2-1-3-11(12)13(15)16/h1-8H,(H,15,16). The molecule has 2 nitrogen and oxygen atoms in total. The van der Waals surface area contributed by atoms with Crippen molar-refractivity contribution in [2.75, 3.05) is 0 Å². The fourth-order valence-corrected chi connectivity index (χ4v) is 2.56. The number of hydrogen-bond donors (Lipinski definition) is 1. The molecule has 0 aliphatic heterocycles. The molecule has 0 bridgehead atoms. The summed E-state index contributed by atoms with van der Waals surface area (Å²) < 4.78 is 1.01. The second kappa shape index (κ2) is 5.38. The van der Waals surface area contributed by atoms with E-state index in [0.29, 0.717) is 5.56 Å². The van der Waals surface area contributed by atoms with Crippen LogP contribution in [0, 0.1) is 0 Å². The van der Waals surface area contributed by atoms with Crippen LogP contribution < -0.4 is 0 Å². The minimum Gasteiger partial charge on any atom is -0.478 e. The fourth-order valence-electron chi connectivity index (χ4n) is 1.36. The second-order valence-electron chi connectivity index (χ2n) is 3.36. The highest BCUT2D eigenvalue weighted by molar-refractivity contribution is 9.10. The minimum atomic E-state index is -0.898. The molecule has 4 heteroatoms. The summed E-state index contributed by atoms with van der Waals surface area (Å²) >= 11 is 4.81. The van der Waals surface area contributed by atoms with E-state index in [1.165, 1.54) is 11.8 Å². The van der Waals surface area contributed by atoms with E-state index >= 15 is 0 Å². The van der Waals surface area contributed by atoms with Gasteiger partial charge >= 0.3 is 5.97 Å². The van der Waals surface area contributed by atoms with Crippen LogP contribution in [0.5, 0.6) is 0 Å². The van der Waals surface area contributed by atoms with Gasteiger partial charge in [-0.05, 0) is 36.4 Å². The van der Waals surface area contributed by atoms with Crippen molar-refractivity contribution in [2.24, 2.45) is 0 Å². The molecule has 0 aliphatic carbocycles. The van der Waals surface area contributed by atoms with E-state index in [2.05, 4.69) is 15.9 Å². The fraction of sp³-hybridized carbons (Fsp3) is 0. The van der Waals surface area contributed by atoms with Crippen molar-refractivity contribution in [2.45, 2.75) is 9.79 Å². The second-order valence-corrected chi connectivity index (χ2v) is 5.39. The van der Waals surface area contributed by atoms with E-state index in [-0.39, 0.29) is 0 Å². The quantitative estimate of drug-likeness (QED) is 0.918. The largest absolute Gasteiger partial charge is 0.478 e. The average Bonchev–Trinajstić information content (AvgIpc) is 2.32. The van der Waals surface area contributed by atoms with Crippen LogP contribution in [0.1, 0.15) is 10.4 Å². The van der Waals surface area contributed by atoms with Gasteiger partial charge in [0.05, 0.1) is 5.56 Å². The molecule has 0 unspecified atom stereocenters. The van der Waals surface area contributed by atoms with Gasteiger partial charge in [-0.2, -0.15) is 0 Å². The number of carboxylic acids is 1.